The zero-order valence-electron chi connectivity index (χ0n) is 14.7. The number of ether oxygens (including phenoxy) is 3. The summed E-state index contributed by atoms with van der Waals surface area (Å²) in [6.07, 6.45) is 2.75. The molecule has 1 saturated heterocycles. The van der Waals surface area contributed by atoms with E-state index in [-0.39, 0.29) is 12.1 Å². The van der Waals surface area contributed by atoms with Crippen LogP contribution in [-0.4, -0.2) is 55.0 Å². The number of rotatable bonds is 7. The first-order chi connectivity index (χ1) is 11.5. The van der Waals surface area contributed by atoms with Gasteiger partial charge in [0.15, 0.2) is 5.79 Å². The first kappa shape index (κ1) is 18.4. The minimum absolute atomic E-state index is 0.171. The monoisotopic (exact) mass is 334 g/mol. The van der Waals surface area contributed by atoms with Crippen molar-refractivity contribution in [3.8, 4) is 0 Å². The average Bonchev–Trinajstić information content (AvgIpc) is 2.91. The Balaban J connectivity index is 2.24. The second-order valence-corrected chi connectivity index (χ2v) is 6.25. The van der Waals surface area contributed by atoms with Crippen molar-refractivity contribution in [3.63, 3.8) is 0 Å². The Kier molecular flexibility index (Phi) is 6.36. The molecule has 0 aliphatic carbocycles. The Labute approximate surface area is 143 Å². The third-order valence-electron chi connectivity index (χ3n) is 3.96. The van der Waals surface area contributed by atoms with Crippen LogP contribution in [0.4, 0.5) is 0 Å². The largest absolute Gasteiger partial charge is 0.499 e. The SMILES string of the molecule is CO/C(=C/C=NO)[C@H]([C@H]1COC(C)(C)O1)N(C)Cc1ccccc1. The number of oxime groups is 1. The van der Waals surface area contributed by atoms with Crippen molar-refractivity contribution in [1.29, 1.82) is 0 Å². The van der Waals surface area contributed by atoms with Crippen molar-refractivity contribution in [2.75, 3.05) is 20.8 Å². The summed E-state index contributed by atoms with van der Waals surface area (Å²) in [6.45, 7) is 4.98. The van der Waals surface area contributed by atoms with Crippen molar-refractivity contribution >= 4 is 6.21 Å². The Hall–Kier alpha value is -1.89. The molecule has 2 rings (SSSR count). The molecule has 1 aliphatic heterocycles. The van der Waals surface area contributed by atoms with Gasteiger partial charge >= 0.3 is 0 Å². The summed E-state index contributed by atoms with van der Waals surface area (Å²) in [6, 6.07) is 10.0. The van der Waals surface area contributed by atoms with Crippen LogP contribution in [0.3, 0.4) is 0 Å². The van der Waals surface area contributed by atoms with Crippen LogP contribution in [0, 0.1) is 0 Å². The van der Waals surface area contributed by atoms with Crippen LogP contribution in [0.25, 0.3) is 0 Å². The normalized spacial score (nSPS) is 22.2. The molecule has 6 heteroatoms. The number of nitrogens with zero attached hydrogens (tertiary/aromatic N) is 2. The summed E-state index contributed by atoms with van der Waals surface area (Å²) < 4.78 is 17.3. The minimum atomic E-state index is -0.625. The average molecular weight is 334 g/mol. The van der Waals surface area contributed by atoms with E-state index >= 15 is 0 Å². The zero-order chi connectivity index (χ0) is 17.6. The second-order valence-electron chi connectivity index (χ2n) is 6.25. The highest BCUT2D eigenvalue weighted by Crippen LogP contribution is 2.29. The molecule has 6 nitrogen and oxygen atoms in total. The smallest absolute Gasteiger partial charge is 0.163 e. The fourth-order valence-corrected chi connectivity index (χ4v) is 2.92. The maximum absolute atomic E-state index is 8.71. The van der Waals surface area contributed by atoms with Crippen LogP contribution in [0.5, 0.6) is 0 Å². The highest BCUT2D eigenvalue weighted by molar-refractivity contribution is 5.71. The summed E-state index contributed by atoms with van der Waals surface area (Å²) in [5.41, 5.74) is 1.19. The summed E-state index contributed by atoms with van der Waals surface area (Å²) in [5, 5.41) is 11.7. The van der Waals surface area contributed by atoms with E-state index in [1.807, 2.05) is 39.1 Å². The molecule has 24 heavy (non-hydrogen) atoms. The molecule has 1 aromatic carbocycles. The summed E-state index contributed by atoms with van der Waals surface area (Å²) in [7, 11) is 3.61. The van der Waals surface area contributed by atoms with E-state index in [0.29, 0.717) is 12.4 Å². The third kappa shape index (κ3) is 4.80. The molecule has 1 heterocycles. The van der Waals surface area contributed by atoms with Gasteiger partial charge in [0.1, 0.15) is 11.9 Å². The van der Waals surface area contributed by atoms with Gasteiger partial charge in [-0.05, 0) is 32.5 Å². The van der Waals surface area contributed by atoms with Crippen LogP contribution < -0.4 is 0 Å². The Morgan fingerprint density at radius 2 is 2.17 bits per heavy atom. The van der Waals surface area contributed by atoms with Gasteiger partial charge in [0.25, 0.3) is 0 Å². The maximum Gasteiger partial charge on any atom is 0.163 e. The van der Waals surface area contributed by atoms with E-state index in [0.717, 1.165) is 6.54 Å². The number of hydrogen-bond acceptors (Lipinski definition) is 6. The molecule has 0 saturated carbocycles. The lowest BCUT2D eigenvalue weighted by molar-refractivity contribution is -0.145. The van der Waals surface area contributed by atoms with Crippen LogP contribution in [0.2, 0.25) is 0 Å². The van der Waals surface area contributed by atoms with Gasteiger partial charge in [0.2, 0.25) is 0 Å². The standard InChI is InChI=1S/C18H26N2O4/c1-18(2)23-13-16(24-18)17(15(22-4)10-11-19-21)20(3)12-14-8-6-5-7-9-14/h5-11,16-17,21H,12-13H2,1-4H3/b15-10+,19-11?/t16-,17-/m1/s1. The van der Waals surface area contributed by atoms with Gasteiger partial charge in [-0.1, -0.05) is 35.5 Å². The quantitative estimate of drug-likeness (QED) is 0.359. The molecular formula is C18H26N2O4. The molecule has 0 bridgehead atoms. The molecule has 1 aliphatic rings. The third-order valence-corrected chi connectivity index (χ3v) is 3.96. The first-order valence-corrected chi connectivity index (χ1v) is 7.94. The highest BCUT2D eigenvalue weighted by Gasteiger charge is 2.41. The molecule has 1 fully saturated rings. The molecule has 2 atom stereocenters. The van der Waals surface area contributed by atoms with Gasteiger partial charge in [0, 0.05) is 6.54 Å². The van der Waals surface area contributed by atoms with Gasteiger partial charge in [-0.2, -0.15) is 0 Å². The van der Waals surface area contributed by atoms with Crippen molar-refractivity contribution in [2.45, 2.75) is 38.3 Å². The predicted molar refractivity (Wildman–Crippen MR) is 92.0 cm³/mol. The number of methoxy groups -OCH3 is 1. The van der Waals surface area contributed by atoms with Crippen molar-refractivity contribution < 1.29 is 19.4 Å². The molecule has 1 aromatic rings. The molecule has 0 amide bonds. The number of hydrogen-bond donors (Lipinski definition) is 1. The highest BCUT2D eigenvalue weighted by atomic mass is 16.7. The Morgan fingerprint density at radius 1 is 1.46 bits per heavy atom. The summed E-state index contributed by atoms with van der Waals surface area (Å²) >= 11 is 0. The van der Waals surface area contributed by atoms with E-state index in [2.05, 4.69) is 22.2 Å². The summed E-state index contributed by atoms with van der Waals surface area (Å²) in [4.78, 5) is 2.14. The molecule has 0 spiro atoms. The van der Waals surface area contributed by atoms with Gasteiger partial charge in [0.05, 0.1) is 26.0 Å². The van der Waals surface area contributed by atoms with Crippen LogP contribution >= 0.6 is 0 Å². The Bertz CT molecular complexity index is 572. The van der Waals surface area contributed by atoms with E-state index in [1.165, 1.54) is 11.8 Å². The molecule has 132 valence electrons. The second kappa shape index (κ2) is 8.28. The van der Waals surface area contributed by atoms with Crippen molar-refractivity contribution in [3.05, 3.63) is 47.7 Å². The van der Waals surface area contributed by atoms with E-state index in [4.69, 9.17) is 19.4 Å². The molecule has 0 aromatic heterocycles. The van der Waals surface area contributed by atoms with Crippen LogP contribution in [0.1, 0.15) is 19.4 Å². The lowest BCUT2D eigenvalue weighted by atomic mass is 10.1. The van der Waals surface area contributed by atoms with Crippen LogP contribution in [0.15, 0.2) is 47.3 Å². The lowest BCUT2D eigenvalue weighted by Crippen LogP contribution is -2.44. The maximum atomic E-state index is 8.71. The first-order valence-electron chi connectivity index (χ1n) is 7.94. The predicted octanol–water partition coefficient (Wildman–Crippen LogP) is 2.63. The zero-order valence-corrected chi connectivity index (χ0v) is 14.7. The van der Waals surface area contributed by atoms with Crippen molar-refractivity contribution in [2.24, 2.45) is 5.16 Å². The van der Waals surface area contributed by atoms with Crippen molar-refractivity contribution in [1.82, 2.24) is 4.90 Å². The lowest BCUT2D eigenvalue weighted by Gasteiger charge is -2.33. The molecule has 0 radical (unpaired) electrons. The van der Waals surface area contributed by atoms with Gasteiger partial charge < -0.3 is 19.4 Å². The summed E-state index contributed by atoms with van der Waals surface area (Å²) in [5.74, 6) is 0.0259. The number of likely N-dealkylation sites (N-methyl/N-ethyl adjacent to an activating group) is 1. The minimum Gasteiger partial charge on any atom is -0.499 e. The van der Waals surface area contributed by atoms with E-state index < -0.39 is 5.79 Å². The van der Waals surface area contributed by atoms with Gasteiger partial charge in [-0.15, -0.1) is 0 Å². The fourth-order valence-electron chi connectivity index (χ4n) is 2.92. The number of benzene rings is 1. The van der Waals surface area contributed by atoms with Crippen LogP contribution in [-0.2, 0) is 20.8 Å². The molecule has 0 unspecified atom stereocenters. The Morgan fingerprint density at radius 3 is 2.71 bits per heavy atom. The van der Waals surface area contributed by atoms with E-state index in [9.17, 15) is 0 Å². The van der Waals surface area contributed by atoms with E-state index in [1.54, 1.807) is 13.2 Å². The molecular weight excluding hydrogens is 308 g/mol. The molecule has 1 N–H and O–H groups in total. The van der Waals surface area contributed by atoms with Gasteiger partial charge in [-0.25, -0.2) is 0 Å². The van der Waals surface area contributed by atoms with Gasteiger partial charge in [-0.3, -0.25) is 4.90 Å². The number of allylic oxidation sites excluding steroid dienone is 1. The fraction of sp³-hybridized carbons (Fsp3) is 0.500. The topological polar surface area (TPSA) is 63.5 Å².